The summed E-state index contributed by atoms with van der Waals surface area (Å²) in [4.78, 5) is 12.4. The fourth-order valence-corrected chi connectivity index (χ4v) is 2.89. The molecule has 6 heteroatoms. The Balaban J connectivity index is 2.26. The largest absolute Gasteiger partial charge is 0.349 e. The van der Waals surface area contributed by atoms with E-state index in [0.29, 0.717) is 11.5 Å². The van der Waals surface area contributed by atoms with Crippen LogP contribution in [0.1, 0.15) is 35.7 Å². The molecule has 0 unspecified atom stereocenters. The summed E-state index contributed by atoms with van der Waals surface area (Å²) in [6.07, 6.45) is 2.29. The molecule has 1 aromatic carbocycles. The summed E-state index contributed by atoms with van der Waals surface area (Å²) >= 11 is 0. The van der Waals surface area contributed by atoms with Crippen molar-refractivity contribution in [3.63, 3.8) is 0 Å². The molecule has 1 saturated carbocycles. The molecule has 1 aliphatic rings. The highest BCUT2D eigenvalue weighted by molar-refractivity contribution is 7.89. The van der Waals surface area contributed by atoms with Crippen molar-refractivity contribution >= 4 is 15.9 Å². The van der Waals surface area contributed by atoms with Crippen LogP contribution in [0.3, 0.4) is 0 Å². The number of nitrogens with one attached hydrogen (secondary N) is 2. The van der Waals surface area contributed by atoms with E-state index < -0.39 is 10.0 Å². The number of hydrogen-bond donors (Lipinski definition) is 2. The van der Waals surface area contributed by atoms with E-state index in [9.17, 15) is 13.2 Å². The van der Waals surface area contributed by atoms with Crippen molar-refractivity contribution < 1.29 is 13.2 Å². The van der Waals surface area contributed by atoms with E-state index in [2.05, 4.69) is 10.0 Å². The Bertz CT molecular complexity index is 621. The number of carbonyl (C=O) groups is 1. The molecular formula is C14H20N2O3S. The fourth-order valence-electron chi connectivity index (χ4n) is 2.13. The van der Waals surface area contributed by atoms with Gasteiger partial charge in [0.05, 0.1) is 4.90 Å². The molecule has 0 spiro atoms. The molecule has 1 atom stereocenters. The zero-order valence-electron chi connectivity index (χ0n) is 11.9. The fraction of sp³-hybridized carbons (Fsp3) is 0.500. The average Bonchev–Trinajstić information content (AvgIpc) is 3.23. The van der Waals surface area contributed by atoms with Crippen molar-refractivity contribution in [1.29, 1.82) is 0 Å². The van der Waals surface area contributed by atoms with Crippen molar-refractivity contribution in [2.45, 2.75) is 37.6 Å². The van der Waals surface area contributed by atoms with Gasteiger partial charge >= 0.3 is 0 Å². The first-order chi connectivity index (χ1) is 9.35. The smallest absolute Gasteiger partial charge is 0.251 e. The summed E-state index contributed by atoms with van der Waals surface area (Å²) < 4.78 is 25.8. The van der Waals surface area contributed by atoms with E-state index in [-0.39, 0.29) is 16.8 Å². The number of sulfonamides is 1. The molecule has 5 nitrogen and oxygen atoms in total. The lowest BCUT2D eigenvalue weighted by molar-refractivity contribution is 0.0935. The predicted octanol–water partition coefficient (Wildman–Crippen LogP) is 1.43. The first kappa shape index (κ1) is 15.0. The number of carbonyl (C=O) groups excluding carboxylic acids is 1. The van der Waals surface area contributed by atoms with E-state index >= 15 is 0 Å². The predicted molar refractivity (Wildman–Crippen MR) is 77.1 cm³/mol. The molecule has 0 bridgehead atoms. The van der Waals surface area contributed by atoms with Crippen molar-refractivity contribution in [3.05, 3.63) is 29.3 Å². The van der Waals surface area contributed by atoms with Crippen LogP contribution in [-0.2, 0) is 10.0 Å². The topological polar surface area (TPSA) is 75.3 Å². The van der Waals surface area contributed by atoms with Gasteiger partial charge in [-0.2, -0.15) is 0 Å². The Morgan fingerprint density at radius 1 is 1.35 bits per heavy atom. The summed E-state index contributed by atoms with van der Waals surface area (Å²) in [6.45, 7) is 3.78. The van der Waals surface area contributed by atoms with Crippen LogP contribution < -0.4 is 10.0 Å². The highest BCUT2D eigenvalue weighted by atomic mass is 32.2. The Morgan fingerprint density at radius 3 is 2.55 bits per heavy atom. The van der Waals surface area contributed by atoms with Gasteiger partial charge in [0.15, 0.2) is 0 Å². The average molecular weight is 296 g/mol. The normalized spacial score (nSPS) is 16.8. The Hall–Kier alpha value is -1.40. The van der Waals surface area contributed by atoms with Gasteiger partial charge in [-0.1, -0.05) is 6.07 Å². The van der Waals surface area contributed by atoms with Gasteiger partial charge in [-0.3, -0.25) is 4.79 Å². The first-order valence-electron chi connectivity index (χ1n) is 6.70. The summed E-state index contributed by atoms with van der Waals surface area (Å²) in [5.74, 6) is 0.346. The molecule has 1 aliphatic carbocycles. The lowest BCUT2D eigenvalue weighted by Crippen LogP contribution is -2.34. The van der Waals surface area contributed by atoms with Gasteiger partial charge in [-0.25, -0.2) is 13.1 Å². The maximum Gasteiger partial charge on any atom is 0.251 e. The second kappa shape index (κ2) is 5.54. The molecule has 0 saturated heterocycles. The molecule has 2 rings (SSSR count). The minimum Gasteiger partial charge on any atom is -0.349 e. The van der Waals surface area contributed by atoms with Crippen LogP contribution in [-0.4, -0.2) is 27.4 Å². The van der Waals surface area contributed by atoms with E-state index in [1.165, 1.54) is 19.2 Å². The van der Waals surface area contributed by atoms with Crippen molar-refractivity contribution in [2.24, 2.45) is 5.92 Å². The van der Waals surface area contributed by atoms with Crippen molar-refractivity contribution in [3.8, 4) is 0 Å². The van der Waals surface area contributed by atoms with Gasteiger partial charge in [0.25, 0.3) is 5.91 Å². The summed E-state index contributed by atoms with van der Waals surface area (Å²) in [5, 5.41) is 2.94. The van der Waals surface area contributed by atoms with Crippen molar-refractivity contribution in [1.82, 2.24) is 10.0 Å². The Labute approximate surface area is 119 Å². The number of hydrogen-bond acceptors (Lipinski definition) is 3. The standard InChI is InChI=1S/C14H20N2O3S/c1-9-4-7-12(20(18,19)15-3)8-13(9)14(17)16-10(2)11-5-6-11/h4,7-8,10-11,15H,5-6H2,1-3H3,(H,16,17)/t10-/m0/s1. The van der Waals surface area contributed by atoms with Crippen LogP contribution in [0.5, 0.6) is 0 Å². The van der Waals surface area contributed by atoms with Gasteiger partial charge in [0.2, 0.25) is 10.0 Å². The van der Waals surface area contributed by atoms with Crippen LogP contribution in [0.25, 0.3) is 0 Å². The molecule has 0 radical (unpaired) electrons. The third kappa shape index (κ3) is 3.19. The monoisotopic (exact) mass is 296 g/mol. The number of amides is 1. The number of aryl methyl sites for hydroxylation is 1. The number of rotatable bonds is 5. The highest BCUT2D eigenvalue weighted by Crippen LogP contribution is 2.32. The van der Waals surface area contributed by atoms with Crippen molar-refractivity contribution in [2.75, 3.05) is 7.05 Å². The SMILES string of the molecule is CNS(=O)(=O)c1ccc(C)c(C(=O)N[C@@H](C)C2CC2)c1. The van der Waals surface area contributed by atoms with Crippen LogP contribution in [0, 0.1) is 12.8 Å². The van der Waals surface area contributed by atoms with E-state index in [4.69, 9.17) is 0 Å². The third-order valence-corrected chi connectivity index (χ3v) is 5.13. The lowest BCUT2D eigenvalue weighted by atomic mass is 10.1. The molecule has 0 heterocycles. The molecule has 110 valence electrons. The maximum absolute atomic E-state index is 12.2. The van der Waals surface area contributed by atoms with E-state index in [0.717, 1.165) is 18.4 Å². The minimum absolute atomic E-state index is 0.106. The molecule has 0 aromatic heterocycles. The maximum atomic E-state index is 12.2. The summed E-state index contributed by atoms with van der Waals surface area (Å²) in [5.41, 5.74) is 1.18. The van der Waals surface area contributed by atoms with Gasteiger partial charge in [0.1, 0.15) is 0 Å². The van der Waals surface area contributed by atoms with Gasteiger partial charge in [-0.05, 0) is 57.4 Å². The van der Waals surface area contributed by atoms with Gasteiger partial charge < -0.3 is 5.32 Å². The van der Waals surface area contributed by atoms with E-state index in [1.54, 1.807) is 13.0 Å². The molecule has 0 aliphatic heterocycles. The van der Waals surface area contributed by atoms with Crippen LogP contribution >= 0.6 is 0 Å². The minimum atomic E-state index is -3.53. The quantitative estimate of drug-likeness (QED) is 0.863. The zero-order chi connectivity index (χ0) is 14.9. The molecule has 2 N–H and O–H groups in total. The lowest BCUT2D eigenvalue weighted by Gasteiger charge is -2.14. The Morgan fingerprint density at radius 2 is 2.00 bits per heavy atom. The number of benzene rings is 1. The summed E-state index contributed by atoms with van der Waals surface area (Å²) in [6, 6.07) is 4.71. The van der Waals surface area contributed by atoms with Gasteiger partial charge in [0, 0.05) is 11.6 Å². The molecule has 20 heavy (non-hydrogen) atoms. The second-order valence-corrected chi connectivity index (χ2v) is 7.17. The molecule has 1 aromatic rings. The van der Waals surface area contributed by atoms with Crippen LogP contribution in [0.15, 0.2) is 23.1 Å². The first-order valence-corrected chi connectivity index (χ1v) is 8.18. The summed E-state index contributed by atoms with van der Waals surface area (Å²) in [7, 11) is -2.18. The molecular weight excluding hydrogens is 276 g/mol. The van der Waals surface area contributed by atoms with Crippen LogP contribution in [0.2, 0.25) is 0 Å². The van der Waals surface area contributed by atoms with E-state index in [1.807, 2.05) is 6.92 Å². The second-order valence-electron chi connectivity index (χ2n) is 5.28. The third-order valence-electron chi connectivity index (χ3n) is 3.72. The zero-order valence-corrected chi connectivity index (χ0v) is 12.8. The molecule has 1 fully saturated rings. The van der Waals surface area contributed by atoms with Gasteiger partial charge in [-0.15, -0.1) is 0 Å². The van der Waals surface area contributed by atoms with Crippen LogP contribution in [0.4, 0.5) is 0 Å². The Kier molecular flexibility index (Phi) is 4.15. The highest BCUT2D eigenvalue weighted by Gasteiger charge is 2.29. The molecule has 1 amide bonds.